The smallest absolute Gasteiger partial charge is 0.242 e. The Bertz CT molecular complexity index is 743. The van der Waals surface area contributed by atoms with Gasteiger partial charge in [0.25, 0.3) is 0 Å². The van der Waals surface area contributed by atoms with Crippen LogP contribution in [0, 0.1) is 12.8 Å². The van der Waals surface area contributed by atoms with E-state index in [0.717, 1.165) is 12.0 Å². The number of likely N-dealkylation sites (tertiary alicyclic amines) is 1. The molecule has 1 aromatic rings. The van der Waals surface area contributed by atoms with E-state index in [1.54, 1.807) is 19.1 Å². The van der Waals surface area contributed by atoms with E-state index >= 15 is 0 Å². The normalized spacial score (nSPS) is 22.2. The molecule has 138 valence electrons. The van der Waals surface area contributed by atoms with Gasteiger partial charge in [-0.2, -0.15) is 0 Å². The summed E-state index contributed by atoms with van der Waals surface area (Å²) in [6, 6.07) is 5.75. The number of sulfone groups is 1. The van der Waals surface area contributed by atoms with E-state index in [4.69, 9.17) is 5.73 Å². The van der Waals surface area contributed by atoms with E-state index in [1.807, 2.05) is 13.8 Å². The van der Waals surface area contributed by atoms with Crippen LogP contribution in [-0.4, -0.2) is 43.0 Å². The van der Waals surface area contributed by atoms with Crippen molar-refractivity contribution in [3.05, 3.63) is 29.8 Å². The number of amides is 2. The zero-order valence-corrected chi connectivity index (χ0v) is 15.8. The molecule has 7 heteroatoms. The number of nitrogens with two attached hydrogens (primary N) is 1. The Balaban J connectivity index is 2.44. The predicted molar refractivity (Wildman–Crippen MR) is 95.5 cm³/mol. The summed E-state index contributed by atoms with van der Waals surface area (Å²) in [6.45, 7) is 5.84. The Kier molecular flexibility index (Phi) is 5.87. The van der Waals surface area contributed by atoms with Crippen molar-refractivity contribution in [1.82, 2.24) is 4.90 Å². The number of primary amides is 1. The zero-order valence-electron chi connectivity index (χ0n) is 14.9. The van der Waals surface area contributed by atoms with Crippen LogP contribution in [0.5, 0.6) is 0 Å². The predicted octanol–water partition coefficient (Wildman–Crippen LogP) is 1.66. The summed E-state index contributed by atoms with van der Waals surface area (Å²) in [4.78, 5) is 26.1. The molecule has 2 rings (SSSR count). The molecule has 2 unspecified atom stereocenters. The summed E-state index contributed by atoms with van der Waals surface area (Å²) in [5.74, 6) is -1.44. The molecule has 2 N–H and O–H groups in total. The van der Waals surface area contributed by atoms with Crippen LogP contribution >= 0.6 is 0 Å². The maximum absolute atomic E-state index is 13.1. The lowest BCUT2D eigenvalue weighted by Gasteiger charge is -2.24. The largest absolute Gasteiger partial charge is 0.368 e. The highest BCUT2D eigenvalue weighted by molar-refractivity contribution is 7.92. The van der Waals surface area contributed by atoms with Crippen molar-refractivity contribution in [2.24, 2.45) is 11.7 Å². The highest BCUT2D eigenvalue weighted by Crippen LogP contribution is 2.33. The van der Waals surface area contributed by atoms with E-state index in [2.05, 4.69) is 0 Å². The van der Waals surface area contributed by atoms with Gasteiger partial charge in [-0.1, -0.05) is 38.0 Å². The van der Waals surface area contributed by atoms with Crippen molar-refractivity contribution in [3.63, 3.8) is 0 Å². The Morgan fingerprint density at radius 2 is 1.88 bits per heavy atom. The molecular weight excluding hydrogens is 340 g/mol. The molecule has 1 saturated heterocycles. The topological polar surface area (TPSA) is 97.5 Å². The Morgan fingerprint density at radius 1 is 1.28 bits per heavy atom. The summed E-state index contributed by atoms with van der Waals surface area (Å²) in [7, 11) is -3.82. The van der Waals surface area contributed by atoms with Gasteiger partial charge in [-0.15, -0.1) is 0 Å². The summed E-state index contributed by atoms with van der Waals surface area (Å²) in [6.07, 6.45) is 1.74. The SMILES string of the molecule is CCC[C@H]1CN(C(CC)C(N)=O)C(=O)C1S(=O)(=O)c1ccc(C)cc1. The minimum atomic E-state index is -3.82. The first-order valence-corrected chi connectivity index (χ1v) is 10.2. The van der Waals surface area contributed by atoms with Crippen molar-refractivity contribution < 1.29 is 18.0 Å². The molecule has 25 heavy (non-hydrogen) atoms. The minimum absolute atomic E-state index is 0.145. The molecule has 1 heterocycles. The van der Waals surface area contributed by atoms with Crippen LogP contribution in [0.3, 0.4) is 0 Å². The summed E-state index contributed by atoms with van der Waals surface area (Å²) in [5.41, 5.74) is 6.36. The molecule has 0 aromatic heterocycles. The van der Waals surface area contributed by atoms with E-state index in [9.17, 15) is 18.0 Å². The zero-order chi connectivity index (χ0) is 18.8. The number of aryl methyl sites for hydroxylation is 1. The van der Waals surface area contributed by atoms with Crippen LogP contribution < -0.4 is 5.73 Å². The standard InChI is InChI=1S/C18H26N2O4S/c1-4-6-13-11-20(15(5-2)17(19)21)18(22)16(13)25(23,24)14-9-7-12(3)8-10-14/h7-10,13,15-16H,4-6,11H2,1-3H3,(H2,19,21)/t13-,15?,16?/m0/s1. The highest BCUT2D eigenvalue weighted by atomic mass is 32.2. The molecule has 6 nitrogen and oxygen atoms in total. The quantitative estimate of drug-likeness (QED) is 0.793. The third-order valence-electron chi connectivity index (χ3n) is 4.82. The Hall–Kier alpha value is -1.89. The molecule has 2 amide bonds. The third-order valence-corrected chi connectivity index (χ3v) is 7.00. The molecular formula is C18H26N2O4S. The van der Waals surface area contributed by atoms with Crippen molar-refractivity contribution in [2.45, 2.75) is 56.2 Å². The maximum atomic E-state index is 13.1. The summed E-state index contributed by atoms with van der Waals surface area (Å²) >= 11 is 0. The number of benzene rings is 1. The lowest BCUT2D eigenvalue weighted by molar-refractivity contribution is -0.135. The van der Waals surface area contributed by atoms with Gasteiger partial charge >= 0.3 is 0 Å². The number of hydrogen-bond donors (Lipinski definition) is 1. The lowest BCUT2D eigenvalue weighted by atomic mass is 10.0. The Morgan fingerprint density at radius 3 is 2.36 bits per heavy atom. The van der Waals surface area contributed by atoms with Crippen LogP contribution in [0.2, 0.25) is 0 Å². The lowest BCUT2D eigenvalue weighted by Crippen LogP contribution is -2.47. The molecule has 0 spiro atoms. The van der Waals surface area contributed by atoms with Crippen molar-refractivity contribution in [3.8, 4) is 0 Å². The molecule has 0 radical (unpaired) electrons. The van der Waals surface area contributed by atoms with Crippen LogP contribution in [0.4, 0.5) is 0 Å². The first-order valence-electron chi connectivity index (χ1n) is 8.64. The molecule has 0 saturated carbocycles. The van der Waals surface area contributed by atoms with Gasteiger partial charge in [-0.25, -0.2) is 8.42 Å². The number of rotatable bonds is 7. The number of hydrogen-bond acceptors (Lipinski definition) is 4. The second-order valence-corrected chi connectivity index (χ2v) is 8.71. The first-order chi connectivity index (χ1) is 11.7. The van der Waals surface area contributed by atoms with Crippen LogP contribution in [0.25, 0.3) is 0 Å². The molecule has 1 aliphatic rings. The molecule has 3 atom stereocenters. The van der Waals surface area contributed by atoms with Gasteiger partial charge in [0, 0.05) is 12.5 Å². The van der Waals surface area contributed by atoms with Crippen LogP contribution in [-0.2, 0) is 19.4 Å². The fourth-order valence-corrected chi connectivity index (χ4v) is 5.47. The van der Waals surface area contributed by atoms with Gasteiger partial charge in [-0.3, -0.25) is 9.59 Å². The summed E-state index contributed by atoms with van der Waals surface area (Å²) < 4.78 is 26.2. The van der Waals surface area contributed by atoms with Gasteiger partial charge in [0.1, 0.15) is 11.3 Å². The van der Waals surface area contributed by atoms with Crippen molar-refractivity contribution in [1.29, 1.82) is 0 Å². The van der Waals surface area contributed by atoms with Crippen molar-refractivity contribution >= 4 is 21.7 Å². The molecule has 1 aliphatic heterocycles. The van der Waals surface area contributed by atoms with Crippen LogP contribution in [0.1, 0.15) is 38.7 Å². The van der Waals surface area contributed by atoms with Gasteiger partial charge in [0.2, 0.25) is 11.8 Å². The number of nitrogens with zero attached hydrogens (tertiary/aromatic N) is 1. The average Bonchev–Trinajstić information content (AvgIpc) is 2.85. The average molecular weight is 366 g/mol. The second kappa shape index (κ2) is 7.56. The van der Waals surface area contributed by atoms with E-state index in [0.29, 0.717) is 12.8 Å². The second-order valence-electron chi connectivity index (χ2n) is 6.64. The fourth-order valence-electron chi connectivity index (χ4n) is 3.53. The molecule has 0 bridgehead atoms. The van der Waals surface area contributed by atoms with Gasteiger partial charge in [0.15, 0.2) is 9.84 Å². The van der Waals surface area contributed by atoms with Crippen LogP contribution in [0.15, 0.2) is 29.2 Å². The van der Waals surface area contributed by atoms with E-state index in [-0.39, 0.29) is 17.4 Å². The van der Waals surface area contributed by atoms with E-state index < -0.39 is 32.9 Å². The van der Waals surface area contributed by atoms with Gasteiger partial charge in [-0.05, 0) is 31.9 Å². The number of carbonyl (C=O) groups is 2. The van der Waals surface area contributed by atoms with Gasteiger partial charge in [0.05, 0.1) is 4.90 Å². The third kappa shape index (κ3) is 3.71. The Labute approximate surface area is 149 Å². The van der Waals surface area contributed by atoms with E-state index in [1.165, 1.54) is 17.0 Å². The maximum Gasteiger partial charge on any atom is 0.242 e. The fraction of sp³-hybridized carbons (Fsp3) is 0.556. The molecule has 1 fully saturated rings. The molecule has 1 aromatic carbocycles. The monoisotopic (exact) mass is 366 g/mol. The van der Waals surface area contributed by atoms with Gasteiger partial charge < -0.3 is 10.6 Å². The van der Waals surface area contributed by atoms with Crippen molar-refractivity contribution in [2.75, 3.05) is 6.54 Å². The molecule has 0 aliphatic carbocycles. The minimum Gasteiger partial charge on any atom is -0.368 e. The first kappa shape index (κ1) is 19.4. The number of carbonyl (C=O) groups excluding carboxylic acids is 2. The summed E-state index contributed by atoms with van der Waals surface area (Å²) in [5, 5.41) is -1.15. The highest BCUT2D eigenvalue weighted by Gasteiger charge is 2.50.